The molecular weight excluding hydrogens is 312 g/mol. The van der Waals surface area contributed by atoms with Crippen molar-refractivity contribution in [1.29, 1.82) is 0 Å². The van der Waals surface area contributed by atoms with E-state index in [1.807, 2.05) is 25.1 Å². The summed E-state index contributed by atoms with van der Waals surface area (Å²) < 4.78 is 1.04. The van der Waals surface area contributed by atoms with Crippen LogP contribution in [0.4, 0.5) is 0 Å². The van der Waals surface area contributed by atoms with Crippen molar-refractivity contribution in [2.45, 2.75) is 71.6 Å². The van der Waals surface area contributed by atoms with Crippen LogP contribution in [0.1, 0.15) is 80.6 Å². The van der Waals surface area contributed by atoms with Crippen LogP contribution in [0.15, 0.2) is 22.7 Å². The third-order valence-corrected chi connectivity index (χ3v) is 4.24. The Labute approximate surface area is 132 Å². The SMILES string of the molecule is CCCCCCCCCCC(=O)c1ccc(Br)cc1C. The Kier molecular flexibility index (Phi) is 8.84. The summed E-state index contributed by atoms with van der Waals surface area (Å²) in [5.74, 6) is 0.293. The van der Waals surface area contributed by atoms with Gasteiger partial charge in [0.2, 0.25) is 0 Å². The summed E-state index contributed by atoms with van der Waals surface area (Å²) in [6.45, 7) is 4.25. The molecule has 0 atom stereocenters. The molecule has 1 nitrogen and oxygen atoms in total. The molecule has 0 aliphatic rings. The van der Waals surface area contributed by atoms with E-state index in [0.717, 1.165) is 22.0 Å². The standard InChI is InChI=1S/C18H27BrO/c1-3-4-5-6-7-8-9-10-11-18(20)17-13-12-16(19)14-15(17)2/h12-14H,3-11H2,1-2H3. The van der Waals surface area contributed by atoms with Gasteiger partial charge in [-0.15, -0.1) is 0 Å². The van der Waals surface area contributed by atoms with Crippen molar-refractivity contribution in [2.75, 3.05) is 0 Å². The van der Waals surface area contributed by atoms with Gasteiger partial charge in [-0.2, -0.15) is 0 Å². The third kappa shape index (κ3) is 6.69. The number of carbonyl (C=O) groups excluding carboxylic acids is 1. The van der Waals surface area contributed by atoms with Crippen LogP contribution < -0.4 is 0 Å². The average molecular weight is 339 g/mol. The van der Waals surface area contributed by atoms with Gasteiger partial charge >= 0.3 is 0 Å². The van der Waals surface area contributed by atoms with Gasteiger partial charge in [-0.1, -0.05) is 73.9 Å². The number of hydrogen-bond acceptors (Lipinski definition) is 1. The highest BCUT2D eigenvalue weighted by Crippen LogP contribution is 2.18. The Bertz CT molecular complexity index is 412. The summed E-state index contributed by atoms with van der Waals surface area (Å²) in [6, 6.07) is 5.90. The predicted molar refractivity (Wildman–Crippen MR) is 90.4 cm³/mol. The van der Waals surface area contributed by atoms with Gasteiger partial charge in [-0.05, 0) is 31.0 Å². The first-order valence-corrected chi connectivity index (χ1v) is 8.73. The van der Waals surface area contributed by atoms with E-state index >= 15 is 0 Å². The van der Waals surface area contributed by atoms with Crippen LogP contribution in [0.3, 0.4) is 0 Å². The van der Waals surface area contributed by atoms with E-state index in [-0.39, 0.29) is 0 Å². The van der Waals surface area contributed by atoms with Gasteiger partial charge in [0.1, 0.15) is 0 Å². The average Bonchev–Trinajstić information content (AvgIpc) is 2.41. The van der Waals surface area contributed by atoms with Crippen LogP contribution in [0.25, 0.3) is 0 Å². The molecule has 0 heterocycles. The maximum absolute atomic E-state index is 12.1. The molecule has 1 aromatic rings. The molecule has 0 N–H and O–H groups in total. The third-order valence-electron chi connectivity index (χ3n) is 3.75. The number of hydrogen-bond donors (Lipinski definition) is 0. The summed E-state index contributed by atoms with van der Waals surface area (Å²) in [6.07, 6.45) is 10.9. The Morgan fingerprint density at radius 1 is 1.00 bits per heavy atom. The Morgan fingerprint density at radius 3 is 2.20 bits per heavy atom. The van der Waals surface area contributed by atoms with Gasteiger partial charge in [0, 0.05) is 16.5 Å². The summed E-state index contributed by atoms with van der Waals surface area (Å²) in [5, 5.41) is 0. The fourth-order valence-electron chi connectivity index (χ4n) is 2.49. The van der Waals surface area contributed by atoms with Gasteiger partial charge in [-0.3, -0.25) is 4.79 Å². The second-order valence-corrected chi connectivity index (χ2v) is 6.52. The summed E-state index contributed by atoms with van der Waals surface area (Å²) in [5.41, 5.74) is 1.96. The molecule has 0 fully saturated rings. The molecule has 112 valence electrons. The first-order valence-electron chi connectivity index (χ1n) is 7.94. The molecule has 0 saturated heterocycles. The van der Waals surface area contributed by atoms with Crippen molar-refractivity contribution >= 4 is 21.7 Å². The zero-order valence-corrected chi connectivity index (χ0v) is 14.5. The molecule has 0 aromatic heterocycles. The molecule has 0 unspecified atom stereocenters. The van der Waals surface area contributed by atoms with E-state index in [4.69, 9.17) is 0 Å². The Hall–Kier alpha value is -0.630. The summed E-state index contributed by atoms with van der Waals surface area (Å²) in [4.78, 5) is 12.1. The maximum atomic E-state index is 12.1. The molecule has 0 amide bonds. The number of halogens is 1. The van der Waals surface area contributed by atoms with E-state index in [1.54, 1.807) is 0 Å². The van der Waals surface area contributed by atoms with Gasteiger partial charge in [0.25, 0.3) is 0 Å². The van der Waals surface area contributed by atoms with Crippen LogP contribution in [-0.2, 0) is 0 Å². The summed E-state index contributed by atoms with van der Waals surface area (Å²) >= 11 is 3.43. The molecule has 0 aliphatic carbocycles. The molecule has 1 aromatic carbocycles. The lowest BCUT2D eigenvalue weighted by Gasteiger charge is -2.06. The van der Waals surface area contributed by atoms with Crippen LogP contribution >= 0.6 is 15.9 Å². The molecule has 0 aliphatic heterocycles. The van der Waals surface area contributed by atoms with Crippen LogP contribution in [0.5, 0.6) is 0 Å². The van der Waals surface area contributed by atoms with Crippen molar-refractivity contribution in [2.24, 2.45) is 0 Å². The first kappa shape index (κ1) is 17.4. The molecule has 0 bridgehead atoms. The zero-order chi connectivity index (χ0) is 14.8. The Balaban J connectivity index is 2.17. The van der Waals surface area contributed by atoms with Crippen LogP contribution in [-0.4, -0.2) is 5.78 Å². The minimum absolute atomic E-state index is 0.293. The Morgan fingerprint density at radius 2 is 1.60 bits per heavy atom. The van der Waals surface area contributed by atoms with Crippen LogP contribution in [0.2, 0.25) is 0 Å². The van der Waals surface area contributed by atoms with Crippen molar-refractivity contribution in [1.82, 2.24) is 0 Å². The smallest absolute Gasteiger partial charge is 0.163 e. The molecule has 2 heteroatoms. The van der Waals surface area contributed by atoms with Gasteiger partial charge in [0.05, 0.1) is 0 Å². The molecule has 0 saturated carbocycles. The highest BCUT2D eigenvalue weighted by atomic mass is 79.9. The van der Waals surface area contributed by atoms with E-state index in [0.29, 0.717) is 12.2 Å². The normalized spacial score (nSPS) is 10.8. The van der Waals surface area contributed by atoms with Crippen LogP contribution in [0, 0.1) is 6.92 Å². The molecule has 0 spiro atoms. The van der Waals surface area contributed by atoms with Gasteiger partial charge < -0.3 is 0 Å². The lowest BCUT2D eigenvalue weighted by molar-refractivity contribution is 0.0978. The van der Waals surface area contributed by atoms with Crippen molar-refractivity contribution in [3.63, 3.8) is 0 Å². The molecular formula is C18H27BrO. The highest BCUT2D eigenvalue weighted by Gasteiger charge is 2.08. The van der Waals surface area contributed by atoms with E-state index < -0.39 is 0 Å². The van der Waals surface area contributed by atoms with E-state index in [1.165, 1.54) is 44.9 Å². The number of ketones is 1. The fraction of sp³-hybridized carbons (Fsp3) is 0.611. The van der Waals surface area contributed by atoms with E-state index in [2.05, 4.69) is 22.9 Å². The number of benzene rings is 1. The molecule has 20 heavy (non-hydrogen) atoms. The quantitative estimate of drug-likeness (QED) is 0.353. The van der Waals surface area contributed by atoms with Crippen molar-refractivity contribution in [3.8, 4) is 0 Å². The number of unbranched alkanes of at least 4 members (excludes halogenated alkanes) is 7. The predicted octanol–water partition coefficient (Wildman–Crippen LogP) is 6.47. The molecule has 0 radical (unpaired) electrons. The minimum Gasteiger partial charge on any atom is -0.294 e. The lowest BCUT2D eigenvalue weighted by atomic mass is 10.00. The van der Waals surface area contributed by atoms with Gasteiger partial charge in [-0.25, -0.2) is 0 Å². The number of carbonyl (C=O) groups is 1. The molecule has 1 rings (SSSR count). The zero-order valence-electron chi connectivity index (χ0n) is 12.9. The minimum atomic E-state index is 0.293. The number of aryl methyl sites for hydroxylation is 1. The largest absolute Gasteiger partial charge is 0.294 e. The van der Waals surface area contributed by atoms with Crippen molar-refractivity contribution < 1.29 is 4.79 Å². The fourth-order valence-corrected chi connectivity index (χ4v) is 2.97. The number of rotatable bonds is 10. The first-order chi connectivity index (χ1) is 9.65. The van der Waals surface area contributed by atoms with E-state index in [9.17, 15) is 4.79 Å². The second-order valence-electron chi connectivity index (χ2n) is 5.61. The summed E-state index contributed by atoms with van der Waals surface area (Å²) in [7, 11) is 0. The highest BCUT2D eigenvalue weighted by molar-refractivity contribution is 9.10. The monoisotopic (exact) mass is 338 g/mol. The second kappa shape index (κ2) is 10.1. The topological polar surface area (TPSA) is 17.1 Å². The maximum Gasteiger partial charge on any atom is 0.163 e. The van der Waals surface area contributed by atoms with Gasteiger partial charge in [0.15, 0.2) is 5.78 Å². The lowest BCUT2D eigenvalue weighted by Crippen LogP contribution is -2.01. The number of Topliss-reactive ketones (excluding diaryl/α,β-unsaturated/α-hetero) is 1. The van der Waals surface area contributed by atoms with Crippen molar-refractivity contribution in [3.05, 3.63) is 33.8 Å².